The van der Waals surface area contributed by atoms with Gasteiger partial charge in [-0.2, -0.15) is 0 Å². The number of methoxy groups -OCH3 is 1. The summed E-state index contributed by atoms with van der Waals surface area (Å²) in [6, 6.07) is 0. The number of esters is 1. The Bertz CT molecular complexity index is 267. The van der Waals surface area contributed by atoms with Crippen LogP contribution in [0.3, 0.4) is 0 Å². The van der Waals surface area contributed by atoms with Crippen LogP contribution in [-0.2, 0) is 9.53 Å². The zero-order valence-electron chi connectivity index (χ0n) is 12.3. The van der Waals surface area contributed by atoms with E-state index >= 15 is 0 Å². The van der Waals surface area contributed by atoms with Crippen LogP contribution in [0.2, 0.25) is 0 Å². The van der Waals surface area contributed by atoms with Gasteiger partial charge in [-0.15, -0.1) is 0 Å². The van der Waals surface area contributed by atoms with Gasteiger partial charge in [0.2, 0.25) is 0 Å². The van der Waals surface area contributed by atoms with Gasteiger partial charge in [-0.05, 0) is 45.7 Å². The smallest absolute Gasteiger partial charge is 0.327 e. The molecule has 1 fully saturated rings. The van der Waals surface area contributed by atoms with E-state index in [9.17, 15) is 4.79 Å². The molecule has 1 aliphatic rings. The topological polar surface area (TPSA) is 41.6 Å². The molecule has 0 heterocycles. The highest BCUT2D eigenvalue weighted by Gasteiger charge is 2.35. The van der Waals surface area contributed by atoms with E-state index in [1.165, 1.54) is 26.4 Å². The lowest BCUT2D eigenvalue weighted by Gasteiger charge is -2.36. The molecule has 0 aromatic carbocycles. The molecule has 1 atom stereocenters. The molecule has 1 N–H and O–H groups in total. The zero-order valence-corrected chi connectivity index (χ0v) is 12.3. The molecule has 4 nitrogen and oxygen atoms in total. The molecular formula is C14H28N2O2. The third kappa shape index (κ3) is 4.25. The van der Waals surface area contributed by atoms with Crippen molar-refractivity contribution in [3.05, 3.63) is 0 Å². The van der Waals surface area contributed by atoms with Gasteiger partial charge < -0.3 is 15.0 Å². The second-order valence-electron chi connectivity index (χ2n) is 5.74. The molecule has 0 aliphatic heterocycles. The highest BCUT2D eigenvalue weighted by molar-refractivity contribution is 5.80. The molecular weight excluding hydrogens is 228 g/mol. The number of carbonyl (C=O) groups is 1. The van der Waals surface area contributed by atoms with Crippen molar-refractivity contribution in [2.75, 3.05) is 33.8 Å². The van der Waals surface area contributed by atoms with Crippen molar-refractivity contribution in [3.8, 4) is 0 Å². The molecule has 1 saturated carbocycles. The molecule has 106 valence electrons. The van der Waals surface area contributed by atoms with Crippen molar-refractivity contribution in [3.63, 3.8) is 0 Å². The van der Waals surface area contributed by atoms with Gasteiger partial charge in [0.15, 0.2) is 0 Å². The standard InChI is InChI=1S/C14H28N2O2/c1-5-9-15-14(2,13(17)18-4)11-16(3)10-12-7-6-8-12/h12,15H,5-11H2,1-4H3. The second kappa shape index (κ2) is 7.10. The zero-order chi connectivity index (χ0) is 13.6. The van der Waals surface area contributed by atoms with Gasteiger partial charge in [-0.25, -0.2) is 0 Å². The van der Waals surface area contributed by atoms with E-state index in [0.717, 1.165) is 25.4 Å². The summed E-state index contributed by atoms with van der Waals surface area (Å²) in [5, 5.41) is 3.32. The normalized spacial score (nSPS) is 19.4. The van der Waals surface area contributed by atoms with E-state index < -0.39 is 5.54 Å². The Morgan fingerprint density at radius 2 is 2.17 bits per heavy atom. The lowest BCUT2D eigenvalue weighted by atomic mass is 9.85. The van der Waals surface area contributed by atoms with Crippen LogP contribution in [0.5, 0.6) is 0 Å². The number of rotatable bonds is 8. The maximum Gasteiger partial charge on any atom is 0.327 e. The summed E-state index contributed by atoms with van der Waals surface area (Å²) in [6.45, 7) is 6.66. The van der Waals surface area contributed by atoms with Crippen molar-refractivity contribution >= 4 is 5.97 Å². The van der Waals surface area contributed by atoms with Crippen molar-refractivity contribution in [2.45, 2.75) is 45.1 Å². The van der Waals surface area contributed by atoms with Crippen LogP contribution in [0.15, 0.2) is 0 Å². The third-order valence-electron chi connectivity index (χ3n) is 3.78. The lowest BCUT2D eigenvalue weighted by Crippen LogP contribution is -2.57. The highest BCUT2D eigenvalue weighted by Crippen LogP contribution is 2.27. The SMILES string of the molecule is CCCNC(C)(CN(C)CC1CCC1)C(=O)OC. The van der Waals surface area contributed by atoms with Crippen LogP contribution in [-0.4, -0.2) is 50.2 Å². The Morgan fingerprint density at radius 3 is 2.61 bits per heavy atom. The predicted molar refractivity (Wildman–Crippen MR) is 73.6 cm³/mol. The average molecular weight is 256 g/mol. The minimum Gasteiger partial charge on any atom is -0.468 e. The molecule has 0 aromatic rings. The van der Waals surface area contributed by atoms with E-state index in [1.54, 1.807) is 0 Å². The molecule has 0 spiro atoms. The van der Waals surface area contributed by atoms with E-state index in [2.05, 4.69) is 24.2 Å². The summed E-state index contributed by atoms with van der Waals surface area (Å²) < 4.78 is 4.93. The Morgan fingerprint density at radius 1 is 1.50 bits per heavy atom. The summed E-state index contributed by atoms with van der Waals surface area (Å²) in [5.74, 6) is 0.652. The molecule has 0 saturated heterocycles. The second-order valence-corrected chi connectivity index (χ2v) is 5.74. The van der Waals surface area contributed by atoms with Crippen molar-refractivity contribution < 1.29 is 9.53 Å². The summed E-state index contributed by atoms with van der Waals surface area (Å²) in [5.41, 5.74) is -0.594. The molecule has 0 bridgehead atoms. The minimum atomic E-state index is -0.594. The number of carbonyl (C=O) groups excluding carboxylic acids is 1. The molecule has 1 unspecified atom stereocenters. The van der Waals surface area contributed by atoms with Gasteiger partial charge in [0.1, 0.15) is 5.54 Å². The minimum absolute atomic E-state index is 0.170. The monoisotopic (exact) mass is 256 g/mol. The van der Waals surface area contributed by atoms with Crippen LogP contribution < -0.4 is 5.32 Å². The fourth-order valence-electron chi connectivity index (χ4n) is 2.54. The van der Waals surface area contributed by atoms with Gasteiger partial charge in [-0.3, -0.25) is 4.79 Å². The maximum atomic E-state index is 11.9. The van der Waals surface area contributed by atoms with Crippen LogP contribution in [0.4, 0.5) is 0 Å². The molecule has 0 aromatic heterocycles. The summed E-state index contributed by atoms with van der Waals surface area (Å²) in [4.78, 5) is 14.2. The summed E-state index contributed by atoms with van der Waals surface area (Å²) in [7, 11) is 3.55. The van der Waals surface area contributed by atoms with E-state index in [4.69, 9.17) is 4.74 Å². The molecule has 0 radical (unpaired) electrons. The fraction of sp³-hybridized carbons (Fsp3) is 0.929. The maximum absolute atomic E-state index is 11.9. The molecule has 1 aliphatic carbocycles. The number of likely N-dealkylation sites (N-methyl/N-ethyl adjacent to an activating group) is 1. The number of hydrogen-bond acceptors (Lipinski definition) is 4. The van der Waals surface area contributed by atoms with Gasteiger partial charge in [0.05, 0.1) is 7.11 Å². The van der Waals surface area contributed by atoms with Gasteiger partial charge in [0, 0.05) is 13.1 Å². The Labute approximate surface area is 111 Å². The number of ether oxygens (including phenoxy) is 1. The first-order valence-electron chi connectivity index (χ1n) is 7.04. The quantitative estimate of drug-likeness (QED) is 0.671. The Hall–Kier alpha value is -0.610. The van der Waals surface area contributed by atoms with Crippen LogP contribution in [0, 0.1) is 5.92 Å². The van der Waals surface area contributed by atoms with Gasteiger partial charge in [0.25, 0.3) is 0 Å². The van der Waals surface area contributed by atoms with E-state index in [0.29, 0.717) is 6.54 Å². The lowest BCUT2D eigenvalue weighted by molar-refractivity contribution is -0.148. The van der Waals surface area contributed by atoms with E-state index in [1.807, 2.05) is 6.92 Å². The first kappa shape index (κ1) is 15.4. The molecule has 1 rings (SSSR count). The van der Waals surface area contributed by atoms with E-state index in [-0.39, 0.29) is 5.97 Å². The Kier molecular flexibility index (Phi) is 6.09. The number of hydrogen-bond donors (Lipinski definition) is 1. The number of nitrogens with zero attached hydrogens (tertiary/aromatic N) is 1. The predicted octanol–water partition coefficient (Wildman–Crippen LogP) is 1.65. The van der Waals surface area contributed by atoms with Crippen LogP contribution in [0.1, 0.15) is 39.5 Å². The van der Waals surface area contributed by atoms with Crippen LogP contribution >= 0.6 is 0 Å². The molecule has 0 amide bonds. The first-order chi connectivity index (χ1) is 8.51. The Balaban J connectivity index is 2.49. The van der Waals surface area contributed by atoms with Gasteiger partial charge >= 0.3 is 5.97 Å². The average Bonchev–Trinajstić information content (AvgIpc) is 2.30. The largest absolute Gasteiger partial charge is 0.468 e. The van der Waals surface area contributed by atoms with Crippen molar-refractivity contribution in [1.29, 1.82) is 0 Å². The van der Waals surface area contributed by atoms with Crippen molar-refractivity contribution in [2.24, 2.45) is 5.92 Å². The summed E-state index contributed by atoms with van der Waals surface area (Å²) >= 11 is 0. The molecule has 4 heteroatoms. The van der Waals surface area contributed by atoms with Crippen molar-refractivity contribution in [1.82, 2.24) is 10.2 Å². The van der Waals surface area contributed by atoms with Gasteiger partial charge in [-0.1, -0.05) is 13.3 Å². The number of nitrogens with one attached hydrogen (secondary N) is 1. The molecule has 18 heavy (non-hydrogen) atoms. The highest BCUT2D eigenvalue weighted by atomic mass is 16.5. The first-order valence-corrected chi connectivity index (χ1v) is 7.04. The fourth-order valence-corrected chi connectivity index (χ4v) is 2.54. The van der Waals surface area contributed by atoms with Crippen LogP contribution in [0.25, 0.3) is 0 Å². The third-order valence-corrected chi connectivity index (χ3v) is 3.78. The summed E-state index contributed by atoms with van der Waals surface area (Å²) in [6.07, 6.45) is 5.04.